The molecule has 0 saturated carbocycles. The Hall–Kier alpha value is -0.200. The molecule has 0 fully saturated rings. The molecule has 0 rings (SSSR count). The summed E-state index contributed by atoms with van der Waals surface area (Å²) in [6.45, 7) is 8.20. The van der Waals surface area contributed by atoms with Gasteiger partial charge < -0.3 is 27.8 Å². The zero-order valence-electron chi connectivity index (χ0n) is 11.5. The fourth-order valence-electron chi connectivity index (χ4n) is 1.20. The quantitative estimate of drug-likeness (QED) is 0.320. The lowest BCUT2D eigenvalue weighted by Gasteiger charge is -2.03. The van der Waals surface area contributed by atoms with Gasteiger partial charge in [-0.05, 0) is 13.0 Å². The summed E-state index contributed by atoms with van der Waals surface area (Å²) < 4.78 is 0. The van der Waals surface area contributed by atoms with Crippen molar-refractivity contribution >= 4 is 0 Å². The van der Waals surface area contributed by atoms with Crippen LogP contribution in [0.1, 0.15) is 32.6 Å². The first kappa shape index (κ1) is 19.1. The van der Waals surface area contributed by atoms with Crippen molar-refractivity contribution in [2.45, 2.75) is 32.6 Å². The van der Waals surface area contributed by atoms with Crippen molar-refractivity contribution in [3.05, 3.63) is 0 Å². The second-order valence-corrected chi connectivity index (χ2v) is 3.93. The van der Waals surface area contributed by atoms with Crippen LogP contribution in [0.15, 0.2) is 0 Å². The van der Waals surface area contributed by atoms with Gasteiger partial charge in [0.25, 0.3) is 0 Å². The molecule has 5 heteroatoms. The first-order chi connectivity index (χ1) is 8.33. The highest BCUT2D eigenvalue weighted by Gasteiger charge is 1.83. The SMILES string of the molecule is CCCCCCN.NCCNCCNCCN. The molecular formula is C12H33N5. The highest BCUT2D eigenvalue weighted by atomic mass is 14.9. The summed E-state index contributed by atoms with van der Waals surface area (Å²) in [6.07, 6.45) is 5.16. The molecule has 0 aromatic carbocycles. The maximum absolute atomic E-state index is 5.27. The highest BCUT2D eigenvalue weighted by molar-refractivity contribution is 4.51. The maximum Gasteiger partial charge on any atom is 0.00772 e. The molecule has 0 heterocycles. The normalized spacial score (nSPS) is 9.88. The molecule has 0 atom stereocenters. The van der Waals surface area contributed by atoms with Gasteiger partial charge >= 0.3 is 0 Å². The second-order valence-electron chi connectivity index (χ2n) is 3.93. The van der Waals surface area contributed by atoms with E-state index in [1.807, 2.05) is 0 Å². The van der Waals surface area contributed by atoms with Crippen molar-refractivity contribution in [1.82, 2.24) is 10.6 Å². The number of nitrogens with two attached hydrogens (primary N) is 3. The number of hydrogen-bond donors (Lipinski definition) is 5. The monoisotopic (exact) mass is 247 g/mol. The van der Waals surface area contributed by atoms with E-state index in [0.29, 0.717) is 13.1 Å². The van der Waals surface area contributed by atoms with Crippen LogP contribution in [0.4, 0.5) is 0 Å². The number of rotatable bonds is 11. The molecular weight excluding hydrogens is 214 g/mol. The lowest BCUT2D eigenvalue weighted by atomic mass is 10.2. The van der Waals surface area contributed by atoms with Crippen molar-refractivity contribution in [2.75, 3.05) is 45.8 Å². The van der Waals surface area contributed by atoms with Gasteiger partial charge in [0, 0.05) is 39.3 Å². The van der Waals surface area contributed by atoms with Crippen molar-refractivity contribution in [1.29, 1.82) is 0 Å². The zero-order chi connectivity index (χ0) is 13.2. The molecule has 17 heavy (non-hydrogen) atoms. The van der Waals surface area contributed by atoms with E-state index in [1.165, 1.54) is 25.7 Å². The van der Waals surface area contributed by atoms with Gasteiger partial charge in [0.15, 0.2) is 0 Å². The lowest BCUT2D eigenvalue weighted by molar-refractivity contribution is 0.618. The number of hydrogen-bond acceptors (Lipinski definition) is 5. The third-order valence-corrected chi connectivity index (χ3v) is 2.18. The molecule has 0 bridgehead atoms. The van der Waals surface area contributed by atoms with E-state index in [2.05, 4.69) is 17.6 Å². The predicted octanol–water partition coefficient (Wildman–Crippen LogP) is -0.392. The van der Waals surface area contributed by atoms with Crippen LogP contribution in [0.25, 0.3) is 0 Å². The van der Waals surface area contributed by atoms with Crippen LogP contribution >= 0.6 is 0 Å². The summed E-state index contributed by atoms with van der Waals surface area (Å²) in [6, 6.07) is 0. The van der Waals surface area contributed by atoms with E-state index < -0.39 is 0 Å². The molecule has 0 amide bonds. The first-order valence-corrected chi connectivity index (χ1v) is 6.85. The Bertz CT molecular complexity index is 99.1. The van der Waals surface area contributed by atoms with Crippen LogP contribution in [-0.2, 0) is 0 Å². The largest absolute Gasteiger partial charge is 0.330 e. The molecule has 8 N–H and O–H groups in total. The molecule has 106 valence electrons. The molecule has 5 nitrogen and oxygen atoms in total. The summed E-state index contributed by atoms with van der Waals surface area (Å²) in [5.74, 6) is 0. The summed E-state index contributed by atoms with van der Waals surface area (Å²) in [7, 11) is 0. The summed E-state index contributed by atoms with van der Waals surface area (Å²) in [4.78, 5) is 0. The number of unbranched alkanes of at least 4 members (excludes halogenated alkanes) is 3. The zero-order valence-corrected chi connectivity index (χ0v) is 11.5. The average Bonchev–Trinajstić information content (AvgIpc) is 2.35. The summed E-state index contributed by atoms with van der Waals surface area (Å²) >= 11 is 0. The second kappa shape index (κ2) is 21.1. The van der Waals surface area contributed by atoms with Crippen LogP contribution in [0.2, 0.25) is 0 Å². The van der Waals surface area contributed by atoms with E-state index in [4.69, 9.17) is 17.2 Å². The van der Waals surface area contributed by atoms with E-state index in [1.54, 1.807) is 0 Å². The molecule has 0 saturated heterocycles. The Kier molecular flexibility index (Phi) is 23.8. The minimum Gasteiger partial charge on any atom is -0.330 e. The van der Waals surface area contributed by atoms with Crippen molar-refractivity contribution in [3.63, 3.8) is 0 Å². The predicted molar refractivity (Wildman–Crippen MR) is 77.0 cm³/mol. The fraction of sp³-hybridized carbons (Fsp3) is 1.00. The fourth-order valence-corrected chi connectivity index (χ4v) is 1.20. The Balaban J connectivity index is 0. The molecule has 0 radical (unpaired) electrons. The van der Waals surface area contributed by atoms with Gasteiger partial charge in [-0.2, -0.15) is 0 Å². The smallest absolute Gasteiger partial charge is 0.00772 e. The van der Waals surface area contributed by atoms with E-state index in [-0.39, 0.29) is 0 Å². The van der Waals surface area contributed by atoms with Crippen molar-refractivity contribution in [3.8, 4) is 0 Å². The lowest BCUT2D eigenvalue weighted by Crippen LogP contribution is -2.32. The highest BCUT2D eigenvalue weighted by Crippen LogP contribution is 1.95. The average molecular weight is 247 g/mol. The molecule has 0 aliphatic heterocycles. The molecule has 0 unspecified atom stereocenters. The van der Waals surface area contributed by atoms with Crippen LogP contribution in [0.5, 0.6) is 0 Å². The molecule has 0 aliphatic carbocycles. The van der Waals surface area contributed by atoms with E-state index in [0.717, 1.165) is 32.7 Å². The van der Waals surface area contributed by atoms with Crippen LogP contribution < -0.4 is 27.8 Å². The Morgan fingerprint density at radius 1 is 0.647 bits per heavy atom. The van der Waals surface area contributed by atoms with Crippen LogP contribution in [-0.4, -0.2) is 45.8 Å². The summed E-state index contributed by atoms with van der Waals surface area (Å²) in [5, 5.41) is 6.33. The standard InChI is InChI=1S/C6H18N4.C6H15N/c7-1-3-9-5-6-10-4-2-8;1-2-3-4-5-6-7/h9-10H,1-8H2;2-7H2,1H3. The van der Waals surface area contributed by atoms with Gasteiger partial charge in [-0.25, -0.2) is 0 Å². The van der Waals surface area contributed by atoms with Crippen LogP contribution in [0, 0.1) is 0 Å². The van der Waals surface area contributed by atoms with Gasteiger partial charge in [0.1, 0.15) is 0 Å². The molecule has 0 aromatic heterocycles. The van der Waals surface area contributed by atoms with Gasteiger partial charge in [0.05, 0.1) is 0 Å². The van der Waals surface area contributed by atoms with Gasteiger partial charge in [-0.1, -0.05) is 26.2 Å². The van der Waals surface area contributed by atoms with Gasteiger partial charge in [-0.3, -0.25) is 0 Å². The maximum atomic E-state index is 5.27. The van der Waals surface area contributed by atoms with Gasteiger partial charge in [0.2, 0.25) is 0 Å². The topological polar surface area (TPSA) is 102 Å². The summed E-state index contributed by atoms with van der Waals surface area (Å²) in [5.41, 5.74) is 15.8. The third kappa shape index (κ3) is 25.8. The van der Waals surface area contributed by atoms with Gasteiger partial charge in [-0.15, -0.1) is 0 Å². The molecule has 0 spiro atoms. The Morgan fingerprint density at radius 3 is 1.53 bits per heavy atom. The van der Waals surface area contributed by atoms with Crippen molar-refractivity contribution in [2.24, 2.45) is 17.2 Å². The molecule has 0 aliphatic rings. The minimum atomic E-state index is 0.705. The number of nitrogens with one attached hydrogen (secondary N) is 2. The Morgan fingerprint density at radius 2 is 1.18 bits per heavy atom. The van der Waals surface area contributed by atoms with E-state index >= 15 is 0 Å². The first-order valence-electron chi connectivity index (χ1n) is 6.85. The molecule has 0 aromatic rings. The van der Waals surface area contributed by atoms with Crippen LogP contribution in [0.3, 0.4) is 0 Å². The van der Waals surface area contributed by atoms with E-state index in [9.17, 15) is 0 Å². The van der Waals surface area contributed by atoms with Crippen molar-refractivity contribution < 1.29 is 0 Å². The minimum absolute atomic E-state index is 0.705. The Labute approximate surface area is 107 Å². The third-order valence-electron chi connectivity index (χ3n) is 2.18.